The lowest BCUT2D eigenvalue weighted by Gasteiger charge is -2.23. The first-order valence-electron chi connectivity index (χ1n) is 5.69. The molecule has 4 nitrogen and oxygen atoms in total. The third-order valence-electron chi connectivity index (χ3n) is 3.11. The minimum absolute atomic E-state index is 0.00306. The molecule has 0 aliphatic carbocycles. The van der Waals surface area contributed by atoms with Gasteiger partial charge in [-0.2, -0.15) is 0 Å². The van der Waals surface area contributed by atoms with Crippen LogP contribution >= 0.6 is 0 Å². The van der Waals surface area contributed by atoms with Gasteiger partial charge >= 0.3 is 0 Å². The largest absolute Gasteiger partial charge is 0.378 e. The second-order valence-electron chi connectivity index (χ2n) is 4.50. The molecular weight excluding hydrogens is 226 g/mol. The molecule has 1 rings (SSSR count). The fraction of sp³-hybridized carbons (Fsp3) is 0.818. The summed E-state index contributed by atoms with van der Waals surface area (Å²) in [4.78, 5) is 0. The van der Waals surface area contributed by atoms with Crippen LogP contribution in [-0.4, -0.2) is 26.4 Å². The van der Waals surface area contributed by atoms with E-state index in [-0.39, 0.29) is 12.0 Å². The Bertz CT molecular complexity index is 320. The Morgan fingerprint density at radius 3 is 2.75 bits per heavy atom. The Labute approximate surface area is 97.9 Å². The molecule has 1 aliphatic rings. The van der Waals surface area contributed by atoms with Gasteiger partial charge in [0.25, 0.3) is 0 Å². The average Bonchev–Trinajstić information content (AvgIpc) is 2.64. The fourth-order valence-corrected chi connectivity index (χ4v) is 3.44. The van der Waals surface area contributed by atoms with Gasteiger partial charge in [-0.25, -0.2) is 13.6 Å². The molecule has 1 saturated heterocycles. The van der Waals surface area contributed by atoms with E-state index in [0.717, 1.165) is 19.4 Å². The summed E-state index contributed by atoms with van der Waals surface area (Å²) in [7, 11) is -3.50. The molecule has 0 spiro atoms. The quantitative estimate of drug-likeness (QED) is 0.722. The maximum absolute atomic E-state index is 11.5. The Morgan fingerprint density at radius 1 is 1.62 bits per heavy atom. The summed E-state index contributed by atoms with van der Waals surface area (Å²) in [5.41, 5.74) is 0. The predicted molar refractivity (Wildman–Crippen MR) is 64.5 cm³/mol. The van der Waals surface area contributed by atoms with E-state index >= 15 is 0 Å². The van der Waals surface area contributed by atoms with E-state index in [2.05, 4.69) is 6.58 Å². The van der Waals surface area contributed by atoms with Gasteiger partial charge in [-0.1, -0.05) is 13.0 Å². The molecule has 0 radical (unpaired) electrons. The van der Waals surface area contributed by atoms with Gasteiger partial charge in [0.2, 0.25) is 10.0 Å². The molecule has 94 valence electrons. The maximum atomic E-state index is 11.5. The number of allylic oxidation sites excluding steroid dienone is 1. The zero-order valence-corrected chi connectivity index (χ0v) is 10.6. The average molecular weight is 247 g/mol. The minimum atomic E-state index is -3.50. The monoisotopic (exact) mass is 247 g/mol. The highest BCUT2D eigenvalue weighted by atomic mass is 32.2. The van der Waals surface area contributed by atoms with Crippen LogP contribution in [0.25, 0.3) is 0 Å². The van der Waals surface area contributed by atoms with Gasteiger partial charge in [0.05, 0.1) is 11.4 Å². The molecule has 2 N–H and O–H groups in total. The van der Waals surface area contributed by atoms with Gasteiger partial charge in [-0.05, 0) is 31.6 Å². The number of ether oxygens (including phenoxy) is 1. The van der Waals surface area contributed by atoms with E-state index in [4.69, 9.17) is 9.88 Å². The van der Waals surface area contributed by atoms with Crippen LogP contribution in [0.2, 0.25) is 0 Å². The molecule has 0 aromatic heterocycles. The molecule has 1 heterocycles. The Morgan fingerprint density at radius 2 is 2.31 bits per heavy atom. The molecule has 3 atom stereocenters. The lowest BCUT2D eigenvalue weighted by Crippen LogP contribution is -2.36. The second-order valence-corrected chi connectivity index (χ2v) is 6.28. The lowest BCUT2D eigenvalue weighted by atomic mass is 9.98. The Balaban J connectivity index is 2.66. The van der Waals surface area contributed by atoms with Crippen LogP contribution in [0, 0.1) is 5.92 Å². The van der Waals surface area contributed by atoms with E-state index < -0.39 is 15.3 Å². The van der Waals surface area contributed by atoms with Crippen LogP contribution in [0.1, 0.15) is 32.6 Å². The van der Waals surface area contributed by atoms with Crippen molar-refractivity contribution >= 4 is 10.0 Å². The Hall–Kier alpha value is -0.390. The molecule has 0 aromatic rings. The molecule has 0 unspecified atom stereocenters. The van der Waals surface area contributed by atoms with Crippen LogP contribution in [0.4, 0.5) is 0 Å². The van der Waals surface area contributed by atoms with Crippen molar-refractivity contribution in [3.05, 3.63) is 12.7 Å². The van der Waals surface area contributed by atoms with Gasteiger partial charge in [-0.15, -0.1) is 6.58 Å². The minimum Gasteiger partial charge on any atom is -0.378 e. The van der Waals surface area contributed by atoms with Gasteiger partial charge < -0.3 is 4.74 Å². The molecule has 0 aromatic carbocycles. The van der Waals surface area contributed by atoms with Gasteiger partial charge in [0.1, 0.15) is 0 Å². The summed E-state index contributed by atoms with van der Waals surface area (Å²) in [5.74, 6) is -0.00306. The van der Waals surface area contributed by atoms with Gasteiger partial charge in [0, 0.05) is 6.61 Å². The van der Waals surface area contributed by atoms with Crippen molar-refractivity contribution in [2.24, 2.45) is 11.1 Å². The molecule has 0 saturated carbocycles. The first-order valence-corrected chi connectivity index (χ1v) is 7.30. The zero-order chi connectivity index (χ0) is 12.2. The molecular formula is C11H21NO3S. The highest BCUT2D eigenvalue weighted by Crippen LogP contribution is 2.25. The van der Waals surface area contributed by atoms with Gasteiger partial charge in [-0.3, -0.25) is 0 Å². The number of rotatable bonds is 6. The molecule has 0 bridgehead atoms. The van der Waals surface area contributed by atoms with Crippen molar-refractivity contribution in [2.45, 2.75) is 44.0 Å². The Kier molecular flexibility index (Phi) is 4.95. The van der Waals surface area contributed by atoms with Crippen molar-refractivity contribution in [1.29, 1.82) is 0 Å². The molecule has 5 heteroatoms. The number of nitrogens with two attached hydrogens (primary N) is 1. The van der Waals surface area contributed by atoms with Crippen LogP contribution < -0.4 is 5.14 Å². The summed E-state index contributed by atoms with van der Waals surface area (Å²) >= 11 is 0. The lowest BCUT2D eigenvalue weighted by molar-refractivity contribution is 0.0996. The number of hydrogen-bond donors (Lipinski definition) is 1. The number of primary sulfonamides is 1. The van der Waals surface area contributed by atoms with Crippen molar-refractivity contribution < 1.29 is 13.2 Å². The molecule has 1 fully saturated rings. The van der Waals surface area contributed by atoms with E-state index in [1.807, 2.05) is 6.92 Å². The topological polar surface area (TPSA) is 69.4 Å². The number of hydrogen-bond acceptors (Lipinski definition) is 3. The summed E-state index contributed by atoms with van der Waals surface area (Å²) in [6, 6.07) is 0. The predicted octanol–water partition coefficient (Wildman–Crippen LogP) is 1.42. The highest BCUT2D eigenvalue weighted by molar-refractivity contribution is 7.89. The van der Waals surface area contributed by atoms with E-state index in [1.165, 1.54) is 0 Å². The third kappa shape index (κ3) is 3.88. The van der Waals surface area contributed by atoms with E-state index in [0.29, 0.717) is 12.8 Å². The van der Waals surface area contributed by atoms with Crippen molar-refractivity contribution in [1.82, 2.24) is 0 Å². The third-order valence-corrected chi connectivity index (χ3v) is 4.62. The highest BCUT2D eigenvalue weighted by Gasteiger charge is 2.31. The first-order chi connectivity index (χ1) is 7.45. The zero-order valence-electron chi connectivity index (χ0n) is 9.76. The SMILES string of the molecule is C=CC[C@@H](C)[C@@H](C[C@@H]1CCCO1)S(N)(=O)=O. The van der Waals surface area contributed by atoms with E-state index in [1.54, 1.807) is 6.08 Å². The molecule has 16 heavy (non-hydrogen) atoms. The van der Waals surface area contributed by atoms with Crippen LogP contribution in [0.3, 0.4) is 0 Å². The van der Waals surface area contributed by atoms with Gasteiger partial charge in [0.15, 0.2) is 0 Å². The van der Waals surface area contributed by atoms with Crippen LogP contribution in [-0.2, 0) is 14.8 Å². The summed E-state index contributed by atoms with van der Waals surface area (Å²) in [5, 5.41) is 4.75. The second kappa shape index (κ2) is 5.80. The molecule has 0 amide bonds. The normalized spacial score (nSPS) is 25.2. The van der Waals surface area contributed by atoms with Crippen LogP contribution in [0.15, 0.2) is 12.7 Å². The van der Waals surface area contributed by atoms with Crippen LogP contribution in [0.5, 0.6) is 0 Å². The van der Waals surface area contributed by atoms with Crippen molar-refractivity contribution in [3.8, 4) is 0 Å². The van der Waals surface area contributed by atoms with Crippen molar-refractivity contribution in [2.75, 3.05) is 6.61 Å². The summed E-state index contributed by atoms with van der Waals surface area (Å²) in [6.07, 6.45) is 4.90. The van der Waals surface area contributed by atoms with Crippen molar-refractivity contribution in [3.63, 3.8) is 0 Å². The maximum Gasteiger partial charge on any atom is 0.212 e. The molecule has 1 aliphatic heterocycles. The van der Waals surface area contributed by atoms with E-state index in [9.17, 15) is 8.42 Å². The first kappa shape index (κ1) is 13.7. The fourth-order valence-electron chi connectivity index (χ4n) is 2.19. The summed E-state index contributed by atoms with van der Waals surface area (Å²) < 4.78 is 28.5. The smallest absolute Gasteiger partial charge is 0.212 e. The summed E-state index contributed by atoms with van der Waals surface area (Å²) in [6.45, 7) is 6.26. The standard InChI is InChI=1S/C11H21NO3S/c1-3-5-9(2)11(16(12,13)14)8-10-6-4-7-15-10/h3,9-11H,1,4-8H2,2H3,(H2,12,13,14)/t9-,10+,11-/m1/s1. The number of sulfonamides is 1.